The van der Waals surface area contributed by atoms with Crippen LogP contribution in [-0.4, -0.2) is 13.0 Å². The third kappa shape index (κ3) is 2.93. The second-order valence-corrected chi connectivity index (χ2v) is 7.12. The maximum absolute atomic E-state index is 12.4. The van der Waals surface area contributed by atoms with Crippen LogP contribution < -0.4 is 16.1 Å². The first-order valence-electron chi connectivity index (χ1n) is 6.70. The third-order valence-electron chi connectivity index (χ3n) is 3.41. The summed E-state index contributed by atoms with van der Waals surface area (Å²) in [6, 6.07) is 9.97. The second-order valence-electron chi connectivity index (χ2n) is 5.01. The van der Waals surface area contributed by atoms with Gasteiger partial charge in [0.1, 0.15) is 0 Å². The molecule has 2 aromatic carbocycles. The van der Waals surface area contributed by atoms with E-state index in [0.29, 0.717) is 10.7 Å². The van der Waals surface area contributed by atoms with Crippen LogP contribution in [0.5, 0.6) is 0 Å². The number of fused-ring (bicyclic) bond motifs is 1. The Hall–Kier alpha value is -2.58. The molecule has 0 spiro atoms. The van der Waals surface area contributed by atoms with Gasteiger partial charge >= 0.3 is 11.4 Å². The van der Waals surface area contributed by atoms with E-state index in [4.69, 9.17) is 11.6 Å². The van der Waals surface area contributed by atoms with E-state index in [2.05, 4.69) is 9.14 Å². The summed E-state index contributed by atoms with van der Waals surface area (Å²) in [6.07, 6.45) is 0. The van der Waals surface area contributed by atoms with Crippen molar-refractivity contribution in [2.24, 2.45) is 7.05 Å². The molecule has 9 heteroatoms. The molecule has 0 atom stereocenters. The molecule has 0 aliphatic carbocycles. The number of aromatic nitrogens is 1. The van der Waals surface area contributed by atoms with Crippen LogP contribution in [0.25, 0.3) is 10.9 Å². The summed E-state index contributed by atoms with van der Waals surface area (Å²) < 4.78 is 32.9. The SMILES string of the molecule is Cn1c(=O)oc(=O)c2cc(S(=O)(=O)Nc3ccc(Cl)cc3)ccc21. The van der Waals surface area contributed by atoms with Gasteiger partial charge in [-0.2, -0.15) is 0 Å². The first-order valence-corrected chi connectivity index (χ1v) is 8.56. The molecular formula is C15H11ClN2O5S. The van der Waals surface area contributed by atoms with Crippen molar-refractivity contribution in [2.45, 2.75) is 4.90 Å². The van der Waals surface area contributed by atoms with E-state index in [1.807, 2.05) is 0 Å². The molecule has 3 rings (SSSR count). The molecule has 0 aliphatic heterocycles. The van der Waals surface area contributed by atoms with E-state index in [1.165, 1.54) is 37.4 Å². The van der Waals surface area contributed by atoms with Crippen LogP contribution in [0.4, 0.5) is 5.69 Å². The highest BCUT2D eigenvalue weighted by molar-refractivity contribution is 7.92. The number of anilines is 1. The van der Waals surface area contributed by atoms with Crippen molar-refractivity contribution in [1.82, 2.24) is 4.57 Å². The van der Waals surface area contributed by atoms with Gasteiger partial charge in [0.25, 0.3) is 10.0 Å². The van der Waals surface area contributed by atoms with Crippen LogP contribution in [0.3, 0.4) is 0 Å². The van der Waals surface area contributed by atoms with Gasteiger partial charge in [-0.3, -0.25) is 9.29 Å². The number of aryl methyl sites for hydroxylation is 1. The lowest BCUT2D eigenvalue weighted by Crippen LogP contribution is -2.23. The predicted octanol–water partition coefficient (Wildman–Crippen LogP) is 1.95. The molecule has 0 saturated heterocycles. The molecule has 0 radical (unpaired) electrons. The maximum atomic E-state index is 12.4. The number of nitrogens with one attached hydrogen (secondary N) is 1. The zero-order valence-corrected chi connectivity index (χ0v) is 13.9. The Bertz CT molecular complexity index is 1150. The number of rotatable bonds is 3. The van der Waals surface area contributed by atoms with Crippen molar-refractivity contribution < 1.29 is 12.8 Å². The summed E-state index contributed by atoms with van der Waals surface area (Å²) in [5.41, 5.74) is -0.287. The Morgan fingerprint density at radius 3 is 2.42 bits per heavy atom. The number of halogens is 1. The van der Waals surface area contributed by atoms with Crippen molar-refractivity contribution in [1.29, 1.82) is 0 Å². The van der Waals surface area contributed by atoms with Crippen LogP contribution >= 0.6 is 11.6 Å². The molecule has 0 saturated carbocycles. The zero-order chi connectivity index (χ0) is 17.5. The lowest BCUT2D eigenvalue weighted by Gasteiger charge is -2.09. The van der Waals surface area contributed by atoms with E-state index < -0.39 is 21.4 Å². The predicted molar refractivity (Wildman–Crippen MR) is 90.0 cm³/mol. The number of hydrogen-bond acceptors (Lipinski definition) is 5. The van der Waals surface area contributed by atoms with Gasteiger partial charge in [0.2, 0.25) is 0 Å². The molecule has 1 heterocycles. The lowest BCUT2D eigenvalue weighted by molar-refractivity contribution is 0.432. The quantitative estimate of drug-likeness (QED) is 0.763. The van der Waals surface area contributed by atoms with Crippen molar-refractivity contribution in [3.8, 4) is 0 Å². The zero-order valence-electron chi connectivity index (χ0n) is 12.3. The topological polar surface area (TPSA) is 98.4 Å². The Balaban J connectivity index is 2.10. The Morgan fingerprint density at radius 2 is 1.75 bits per heavy atom. The minimum Gasteiger partial charge on any atom is -0.372 e. The molecule has 0 fully saturated rings. The fourth-order valence-corrected chi connectivity index (χ4v) is 3.38. The first-order chi connectivity index (χ1) is 11.3. The fourth-order valence-electron chi connectivity index (χ4n) is 2.17. The molecule has 3 aromatic rings. The maximum Gasteiger partial charge on any atom is 0.422 e. The van der Waals surface area contributed by atoms with Gasteiger partial charge in [-0.05, 0) is 42.5 Å². The van der Waals surface area contributed by atoms with Crippen LogP contribution in [0.2, 0.25) is 5.02 Å². The summed E-state index contributed by atoms with van der Waals surface area (Å²) in [5.74, 6) is -0.817. The van der Waals surface area contributed by atoms with E-state index >= 15 is 0 Å². The Morgan fingerprint density at radius 1 is 1.08 bits per heavy atom. The number of benzene rings is 2. The molecule has 24 heavy (non-hydrogen) atoms. The Kier molecular flexibility index (Phi) is 3.94. The Labute approximate surface area is 141 Å². The number of sulfonamides is 1. The van der Waals surface area contributed by atoms with E-state index in [-0.39, 0.29) is 15.8 Å². The fraction of sp³-hybridized carbons (Fsp3) is 0.0667. The van der Waals surface area contributed by atoms with Crippen molar-refractivity contribution >= 4 is 38.2 Å². The summed E-state index contributed by atoms with van der Waals surface area (Å²) in [4.78, 5) is 23.1. The summed E-state index contributed by atoms with van der Waals surface area (Å²) in [5, 5.41) is 0.471. The first kappa shape index (κ1) is 16.3. The van der Waals surface area contributed by atoms with E-state index in [0.717, 1.165) is 4.57 Å². The van der Waals surface area contributed by atoms with Gasteiger partial charge in [0.15, 0.2) is 0 Å². The second kappa shape index (κ2) is 5.81. The largest absolute Gasteiger partial charge is 0.422 e. The molecule has 1 aromatic heterocycles. The van der Waals surface area contributed by atoms with Gasteiger partial charge in [-0.25, -0.2) is 18.0 Å². The summed E-state index contributed by atoms with van der Waals surface area (Å²) in [7, 11) is -2.49. The van der Waals surface area contributed by atoms with Crippen LogP contribution in [0, 0.1) is 0 Å². The standard InChI is InChI=1S/C15H11ClN2O5S/c1-18-13-7-6-11(8-12(13)14(19)23-15(18)20)24(21,22)17-10-4-2-9(16)3-5-10/h2-8,17H,1H3. The highest BCUT2D eigenvalue weighted by Gasteiger charge is 2.17. The smallest absolute Gasteiger partial charge is 0.372 e. The minimum absolute atomic E-state index is 0.00363. The highest BCUT2D eigenvalue weighted by Crippen LogP contribution is 2.20. The molecule has 124 valence electrons. The summed E-state index contributed by atoms with van der Waals surface area (Å²) in [6.45, 7) is 0. The van der Waals surface area contributed by atoms with Gasteiger partial charge in [-0.15, -0.1) is 0 Å². The van der Waals surface area contributed by atoms with Crippen LogP contribution in [-0.2, 0) is 17.1 Å². The summed E-state index contributed by atoms with van der Waals surface area (Å²) >= 11 is 5.76. The van der Waals surface area contributed by atoms with Gasteiger partial charge in [0, 0.05) is 17.8 Å². The molecule has 0 unspecified atom stereocenters. The third-order valence-corrected chi connectivity index (χ3v) is 5.04. The number of nitrogens with zero attached hydrogens (tertiary/aromatic N) is 1. The molecule has 1 N–H and O–H groups in total. The molecule has 7 nitrogen and oxygen atoms in total. The highest BCUT2D eigenvalue weighted by atomic mass is 35.5. The minimum atomic E-state index is -3.92. The number of hydrogen-bond donors (Lipinski definition) is 1. The normalized spacial score (nSPS) is 11.6. The molecule has 0 bridgehead atoms. The molecule has 0 aliphatic rings. The van der Waals surface area contributed by atoms with E-state index in [1.54, 1.807) is 12.1 Å². The van der Waals surface area contributed by atoms with Gasteiger partial charge < -0.3 is 4.42 Å². The van der Waals surface area contributed by atoms with Gasteiger partial charge in [-0.1, -0.05) is 11.6 Å². The molecule has 0 amide bonds. The van der Waals surface area contributed by atoms with E-state index in [9.17, 15) is 18.0 Å². The van der Waals surface area contributed by atoms with Crippen LogP contribution in [0.1, 0.15) is 0 Å². The molecular weight excluding hydrogens is 356 g/mol. The average molecular weight is 367 g/mol. The van der Waals surface area contributed by atoms with Crippen molar-refractivity contribution in [3.63, 3.8) is 0 Å². The van der Waals surface area contributed by atoms with Crippen LogP contribution in [0.15, 0.2) is 61.4 Å². The monoisotopic (exact) mass is 366 g/mol. The van der Waals surface area contributed by atoms with Crippen molar-refractivity contribution in [3.05, 3.63) is 68.5 Å². The average Bonchev–Trinajstić information content (AvgIpc) is 2.54. The lowest BCUT2D eigenvalue weighted by atomic mass is 10.2. The van der Waals surface area contributed by atoms with Gasteiger partial charge in [0.05, 0.1) is 15.8 Å². The van der Waals surface area contributed by atoms with Crippen molar-refractivity contribution in [2.75, 3.05) is 4.72 Å².